The highest BCUT2D eigenvalue weighted by atomic mass is 19.3. The monoisotopic (exact) mass is 231 g/mol. The molecule has 16 heavy (non-hydrogen) atoms. The van der Waals surface area contributed by atoms with E-state index in [2.05, 4.69) is 0 Å². The van der Waals surface area contributed by atoms with E-state index in [-0.39, 0.29) is 5.56 Å². The van der Waals surface area contributed by atoms with E-state index in [1.807, 2.05) is 0 Å². The molecule has 1 aromatic carbocycles. The topological polar surface area (TPSA) is 86.7 Å². The van der Waals surface area contributed by atoms with E-state index >= 15 is 0 Å². The number of hydrogen-bond acceptors (Lipinski definition) is 4. The Hall–Kier alpha value is -1.56. The van der Waals surface area contributed by atoms with Crippen molar-refractivity contribution in [1.29, 1.82) is 0 Å². The van der Waals surface area contributed by atoms with Crippen molar-refractivity contribution in [3.05, 3.63) is 17.7 Å². The van der Waals surface area contributed by atoms with Gasteiger partial charge in [-0.25, -0.2) is 8.78 Å². The van der Waals surface area contributed by atoms with Crippen LogP contribution in [0.4, 0.5) is 8.78 Å². The summed E-state index contributed by atoms with van der Waals surface area (Å²) < 4.78 is 25.5. The summed E-state index contributed by atoms with van der Waals surface area (Å²) in [6.45, 7) is 0. The molecular weight excluding hydrogens is 220 g/mol. The molecule has 2 rings (SSSR count). The van der Waals surface area contributed by atoms with E-state index in [4.69, 9.17) is 10.8 Å². The van der Waals surface area contributed by atoms with E-state index in [1.54, 1.807) is 0 Å². The van der Waals surface area contributed by atoms with Gasteiger partial charge in [0.05, 0.1) is 5.54 Å². The molecule has 1 fully saturated rings. The van der Waals surface area contributed by atoms with Crippen molar-refractivity contribution in [2.24, 2.45) is 5.73 Å². The predicted octanol–water partition coefficient (Wildman–Crippen LogP) is 1.39. The van der Waals surface area contributed by atoms with E-state index < -0.39 is 41.6 Å². The van der Waals surface area contributed by atoms with Crippen LogP contribution >= 0.6 is 0 Å². The second kappa shape index (κ2) is 2.98. The van der Waals surface area contributed by atoms with Crippen molar-refractivity contribution < 1.29 is 24.1 Å². The molecule has 0 unspecified atom stereocenters. The van der Waals surface area contributed by atoms with Crippen LogP contribution in [0.3, 0.4) is 0 Å². The lowest BCUT2D eigenvalue weighted by atomic mass is 9.69. The number of hydrogen-bond donors (Lipinski definition) is 4. The van der Waals surface area contributed by atoms with Crippen LogP contribution in [-0.2, 0) is 5.54 Å². The number of rotatable bonds is 1. The van der Waals surface area contributed by atoms with Gasteiger partial charge in [-0.3, -0.25) is 0 Å². The SMILES string of the molecule is NC1(c2ccc(O)c(O)c2O)CC(F)(F)C1. The standard InChI is InChI=1S/C10H11F2NO3/c11-10(12)3-9(13,4-10)5-1-2-6(14)8(16)7(5)15/h1-2,14-16H,3-4,13H2. The van der Waals surface area contributed by atoms with E-state index in [9.17, 15) is 19.0 Å². The number of halogens is 2. The largest absolute Gasteiger partial charge is 0.504 e. The third kappa shape index (κ3) is 1.46. The summed E-state index contributed by atoms with van der Waals surface area (Å²) in [5.41, 5.74) is 4.36. The smallest absolute Gasteiger partial charge is 0.252 e. The number of phenolic OH excluding ortho intramolecular Hbond substituents is 3. The maximum atomic E-state index is 12.8. The van der Waals surface area contributed by atoms with Crippen molar-refractivity contribution in [1.82, 2.24) is 0 Å². The molecule has 1 aliphatic carbocycles. The summed E-state index contributed by atoms with van der Waals surface area (Å²) in [4.78, 5) is 0. The molecule has 0 aromatic heterocycles. The Labute approximate surface area is 89.9 Å². The van der Waals surface area contributed by atoms with Gasteiger partial charge in [0.1, 0.15) is 0 Å². The maximum Gasteiger partial charge on any atom is 0.252 e. The zero-order valence-corrected chi connectivity index (χ0v) is 8.24. The van der Waals surface area contributed by atoms with Crippen LogP contribution in [-0.4, -0.2) is 21.2 Å². The normalized spacial score (nSPS) is 21.4. The quantitative estimate of drug-likeness (QED) is 0.550. The predicted molar refractivity (Wildman–Crippen MR) is 51.5 cm³/mol. The highest BCUT2D eigenvalue weighted by Crippen LogP contribution is 2.54. The molecule has 0 amide bonds. The Kier molecular flexibility index (Phi) is 2.03. The van der Waals surface area contributed by atoms with E-state index in [1.165, 1.54) is 6.07 Å². The molecule has 1 aromatic rings. The molecular formula is C10H11F2NO3. The zero-order valence-electron chi connectivity index (χ0n) is 8.24. The van der Waals surface area contributed by atoms with Gasteiger partial charge in [-0.05, 0) is 12.1 Å². The lowest BCUT2D eigenvalue weighted by Crippen LogP contribution is -2.55. The second-order valence-electron chi connectivity index (χ2n) is 4.20. The first kappa shape index (κ1) is 10.9. The highest BCUT2D eigenvalue weighted by molar-refractivity contribution is 5.56. The Morgan fingerprint density at radius 2 is 1.62 bits per heavy atom. The van der Waals surface area contributed by atoms with Gasteiger partial charge in [-0.2, -0.15) is 0 Å². The van der Waals surface area contributed by atoms with Gasteiger partial charge in [-0.1, -0.05) is 0 Å². The Bertz CT molecular complexity index is 440. The Morgan fingerprint density at radius 3 is 2.12 bits per heavy atom. The minimum absolute atomic E-state index is 0.0220. The van der Waals surface area contributed by atoms with E-state index in [0.717, 1.165) is 6.07 Å². The molecule has 0 aliphatic heterocycles. The lowest BCUT2D eigenvalue weighted by molar-refractivity contribution is -0.125. The molecule has 5 N–H and O–H groups in total. The van der Waals surface area contributed by atoms with Crippen LogP contribution in [0.15, 0.2) is 12.1 Å². The molecule has 6 heteroatoms. The highest BCUT2D eigenvalue weighted by Gasteiger charge is 2.56. The molecule has 0 spiro atoms. The number of benzene rings is 1. The Balaban J connectivity index is 2.40. The fourth-order valence-corrected chi connectivity index (χ4v) is 2.03. The fourth-order valence-electron chi connectivity index (χ4n) is 2.03. The first-order chi connectivity index (χ1) is 7.25. The van der Waals surface area contributed by atoms with Gasteiger partial charge in [0.25, 0.3) is 5.92 Å². The van der Waals surface area contributed by atoms with Gasteiger partial charge in [0, 0.05) is 18.4 Å². The average molecular weight is 231 g/mol. The van der Waals surface area contributed by atoms with E-state index in [0.29, 0.717) is 0 Å². The fraction of sp³-hybridized carbons (Fsp3) is 0.400. The molecule has 0 heterocycles. The van der Waals surface area contributed by atoms with Gasteiger partial charge in [0.15, 0.2) is 11.5 Å². The molecule has 0 saturated heterocycles. The first-order valence-corrected chi connectivity index (χ1v) is 4.66. The van der Waals surface area contributed by atoms with Gasteiger partial charge < -0.3 is 21.1 Å². The summed E-state index contributed by atoms with van der Waals surface area (Å²) in [5, 5.41) is 27.9. The van der Waals surface area contributed by atoms with Crippen LogP contribution in [0.2, 0.25) is 0 Å². The van der Waals surface area contributed by atoms with Crippen LogP contribution < -0.4 is 5.73 Å². The van der Waals surface area contributed by atoms with Crippen LogP contribution in [0.1, 0.15) is 18.4 Å². The van der Waals surface area contributed by atoms with Crippen LogP contribution in [0.5, 0.6) is 17.2 Å². The average Bonchev–Trinajstić information content (AvgIpc) is 2.10. The summed E-state index contributed by atoms with van der Waals surface area (Å²) in [6, 6.07) is 2.34. The number of alkyl halides is 2. The minimum atomic E-state index is -2.84. The number of aromatic hydroxyl groups is 3. The summed E-state index contributed by atoms with van der Waals surface area (Å²) >= 11 is 0. The minimum Gasteiger partial charge on any atom is -0.504 e. The number of nitrogens with two attached hydrogens (primary N) is 1. The molecule has 88 valence electrons. The van der Waals surface area contributed by atoms with Crippen LogP contribution in [0, 0.1) is 0 Å². The molecule has 1 saturated carbocycles. The van der Waals surface area contributed by atoms with Gasteiger partial charge in [0.2, 0.25) is 5.75 Å². The molecule has 0 radical (unpaired) electrons. The summed E-state index contributed by atoms with van der Waals surface area (Å²) in [6.07, 6.45) is -1.17. The van der Waals surface area contributed by atoms with Crippen molar-refractivity contribution in [3.8, 4) is 17.2 Å². The molecule has 0 atom stereocenters. The summed E-state index contributed by atoms with van der Waals surface area (Å²) in [5.74, 6) is -4.74. The summed E-state index contributed by atoms with van der Waals surface area (Å²) in [7, 11) is 0. The third-order valence-corrected chi connectivity index (χ3v) is 2.81. The Morgan fingerprint density at radius 1 is 1.06 bits per heavy atom. The molecule has 4 nitrogen and oxygen atoms in total. The van der Waals surface area contributed by atoms with Crippen molar-refractivity contribution in [2.75, 3.05) is 0 Å². The van der Waals surface area contributed by atoms with Crippen molar-refractivity contribution in [2.45, 2.75) is 24.3 Å². The zero-order chi connectivity index (χ0) is 12.1. The van der Waals surface area contributed by atoms with Gasteiger partial charge >= 0.3 is 0 Å². The van der Waals surface area contributed by atoms with Gasteiger partial charge in [-0.15, -0.1) is 0 Å². The van der Waals surface area contributed by atoms with Crippen molar-refractivity contribution >= 4 is 0 Å². The second-order valence-corrected chi connectivity index (χ2v) is 4.20. The molecule has 1 aliphatic rings. The third-order valence-electron chi connectivity index (χ3n) is 2.81. The first-order valence-electron chi connectivity index (χ1n) is 4.66. The maximum absolute atomic E-state index is 12.8. The molecule has 0 bridgehead atoms. The van der Waals surface area contributed by atoms with Crippen LogP contribution in [0.25, 0.3) is 0 Å². The van der Waals surface area contributed by atoms with Crippen molar-refractivity contribution in [3.63, 3.8) is 0 Å². The number of phenols is 3. The lowest BCUT2D eigenvalue weighted by Gasteiger charge is -2.45.